The van der Waals surface area contributed by atoms with E-state index in [1.807, 2.05) is 12.1 Å². The predicted octanol–water partition coefficient (Wildman–Crippen LogP) is 2.18. The number of aromatic nitrogens is 6. The molecule has 1 aliphatic heterocycles. The molecule has 24 heavy (non-hydrogen) atoms. The molecule has 0 aliphatic carbocycles. The van der Waals surface area contributed by atoms with Crippen molar-refractivity contribution in [2.45, 2.75) is 25.1 Å². The van der Waals surface area contributed by atoms with E-state index in [2.05, 4.69) is 25.3 Å². The molecule has 0 atom stereocenters. The van der Waals surface area contributed by atoms with Gasteiger partial charge in [0.25, 0.3) is 0 Å². The molecule has 0 amide bonds. The third-order valence-corrected chi connectivity index (χ3v) is 4.21. The molecule has 0 N–H and O–H groups in total. The van der Waals surface area contributed by atoms with Crippen molar-refractivity contribution in [1.29, 1.82) is 0 Å². The topological polar surface area (TPSA) is 64.1 Å². The highest BCUT2D eigenvalue weighted by molar-refractivity contribution is 5.45. The maximum atomic E-state index is 12.6. The summed E-state index contributed by atoms with van der Waals surface area (Å²) in [6, 6.07) is 4.70. The first-order chi connectivity index (χ1) is 11.5. The number of halogens is 3. The molecule has 0 unspecified atom stereocenters. The summed E-state index contributed by atoms with van der Waals surface area (Å²) >= 11 is 0. The van der Waals surface area contributed by atoms with Gasteiger partial charge in [-0.2, -0.15) is 22.8 Å². The first-order valence-corrected chi connectivity index (χ1v) is 7.55. The van der Waals surface area contributed by atoms with E-state index in [-0.39, 0.29) is 6.04 Å². The van der Waals surface area contributed by atoms with Crippen LogP contribution in [0.15, 0.2) is 30.7 Å². The number of piperidine rings is 1. The van der Waals surface area contributed by atoms with E-state index in [0.717, 1.165) is 11.9 Å². The van der Waals surface area contributed by atoms with Crippen molar-refractivity contribution in [3.63, 3.8) is 0 Å². The van der Waals surface area contributed by atoms with E-state index in [0.29, 0.717) is 31.6 Å². The largest absolute Gasteiger partial charge is 0.435 e. The second-order valence-corrected chi connectivity index (χ2v) is 5.72. The number of hydrogen-bond acceptors (Lipinski definition) is 5. The molecule has 0 aromatic carbocycles. The molecule has 1 saturated heterocycles. The molecule has 3 aromatic heterocycles. The Labute approximate surface area is 134 Å². The zero-order chi connectivity index (χ0) is 16.7. The van der Waals surface area contributed by atoms with Gasteiger partial charge in [0, 0.05) is 19.3 Å². The van der Waals surface area contributed by atoms with Crippen LogP contribution in [0.25, 0.3) is 5.65 Å². The quantitative estimate of drug-likeness (QED) is 0.717. The Kier molecular flexibility index (Phi) is 3.39. The minimum Gasteiger partial charge on any atom is -0.355 e. The van der Waals surface area contributed by atoms with E-state index in [1.54, 1.807) is 4.52 Å². The first-order valence-electron chi connectivity index (χ1n) is 7.55. The highest BCUT2D eigenvalue weighted by Crippen LogP contribution is 2.30. The van der Waals surface area contributed by atoms with Crippen LogP contribution in [-0.4, -0.2) is 42.7 Å². The van der Waals surface area contributed by atoms with Gasteiger partial charge in [-0.05, 0) is 31.0 Å². The van der Waals surface area contributed by atoms with Gasteiger partial charge in [0.15, 0.2) is 11.3 Å². The van der Waals surface area contributed by atoms with Gasteiger partial charge in [-0.25, -0.2) is 0 Å². The monoisotopic (exact) mass is 337 g/mol. The van der Waals surface area contributed by atoms with E-state index >= 15 is 0 Å². The molecular weight excluding hydrogens is 323 g/mol. The summed E-state index contributed by atoms with van der Waals surface area (Å²) in [7, 11) is 0. The Morgan fingerprint density at radius 1 is 1.04 bits per heavy atom. The van der Waals surface area contributed by atoms with Crippen LogP contribution < -0.4 is 4.90 Å². The Morgan fingerprint density at radius 2 is 1.83 bits per heavy atom. The fourth-order valence-electron chi connectivity index (χ4n) is 2.94. The maximum Gasteiger partial charge on any atom is 0.435 e. The molecule has 4 heterocycles. The Morgan fingerprint density at radius 3 is 2.54 bits per heavy atom. The maximum absolute atomic E-state index is 12.6. The first kappa shape index (κ1) is 14.9. The molecule has 3 aromatic rings. The minimum absolute atomic E-state index is 0.0315. The molecule has 4 rings (SSSR count). The van der Waals surface area contributed by atoms with Crippen molar-refractivity contribution < 1.29 is 13.2 Å². The van der Waals surface area contributed by atoms with E-state index < -0.39 is 11.9 Å². The lowest BCUT2D eigenvalue weighted by Gasteiger charge is -2.32. The van der Waals surface area contributed by atoms with Gasteiger partial charge in [-0.15, -0.1) is 15.3 Å². The van der Waals surface area contributed by atoms with Crippen molar-refractivity contribution in [1.82, 2.24) is 29.6 Å². The SMILES string of the molecule is FC(F)(F)c1ccn(C2CCN(c3ccc4nncn4n3)CC2)n1. The lowest BCUT2D eigenvalue weighted by Crippen LogP contribution is -2.35. The summed E-state index contributed by atoms with van der Waals surface area (Å²) < 4.78 is 41.0. The lowest BCUT2D eigenvalue weighted by atomic mass is 10.1. The molecule has 10 heteroatoms. The number of hydrogen-bond donors (Lipinski definition) is 0. The number of anilines is 1. The van der Waals surface area contributed by atoms with Crippen molar-refractivity contribution >= 4 is 11.5 Å². The number of rotatable bonds is 2. The summed E-state index contributed by atoms with van der Waals surface area (Å²) in [5.41, 5.74) is -0.172. The van der Waals surface area contributed by atoms with Crippen molar-refractivity contribution in [2.24, 2.45) is 0 Å². The van der Waals surface area contributed by atoms with Gasteiger partial charge in [-0.1, -0.05) is 0 Å². The molecule has 1 fully saturated rings. The third-order valence-electron chi connectivity index (χ3n) is 4.21. The summed E-state index contributed by atoms with van der Waals surface area (Å²) in [5.74, 6) is 0.803. The summed E-state index contributed by atoms with van der Waals surface area (Å²) in [5, 5.41) is 15.8. The average Bonchev–Trinajstić information content (AvgIpc) is 3.23. The molecule has 1 aliphatic rings. The molecule has 0 bridgehead atoms. The molecular formula is C14H14F3N7. The highest BCUT2D eigenvalue weighted by Gasteiger charge is 2.34. The van der Waals surface area contributed by atoms with E-state index in [9.17, 15) is 13.2 Å². The summed E-state index contributed by atoms with van der Waals surface area (Å²) in [6.45, 7) is 1.40. The van der Waals surface area contributed by atoms with Crippen LogP contribution >= 0.6 is 0 Å². The zero-order valence-electron chi connectivity index (χ0n) is 12.6. The normalized spacial score (nSPS) is 16.9. The minimum atomic E-state index is -4.40. The standard InChI is InChI=1S/C14H14F3N7/c15-14(16,17)11-5-8-23(20-11)10-3-6-22(7-4-10)13-2-1-12-19-18-9-24(12)21-13/h1-2,5,8-10H,3-4,6-7H2. The molecule has 0 radical (unpaired) electrons. The van der Waals surface area contributed by atoms with Crippen LogP contribution in [0.5, 0.6) is 0 Å². The fourth-order valence-corrected chi connectivity index (χ4v) is 2.94. The second kappa shape index (κ2) is 5.46. The average molecular weight is 337 g/mol. The van der Waals surface area contributed by atoms with Crippen LogP contribution in [0.4, 0.5) is 19.0 Å². The van der Waals surface area contributed by atoms with E-state index in [4.69, 9.17) is 0 Å². The van der Waals surface area contributed by atoms with Crippen molar-refractivity contribution in [3.05, 3.63) is 36.4 Å². The van der Waals surface area contributed by atoms with E-state index in [1.165, 1.54) is 17.2 Å². The van der Waals surface area contributed by atoms with Crippen LogP contribution in [0.2, 0.25) is 0 Å². The van der Waals surface area contributed by atoms with Crippen LogP contribution in [0.1, 0.15) is 24.6 Å². The lowest BCUT2D eigenvalue weighted by molar-refractivity contribution is -0.141. The Hall–Kier alpha value is -2.65. The summed E-state index contributed by atoms with van der Waals surface area (Å²) in [4.78, 5) is 2.10. The number of fused-ring (bicyclic) bond motifs is 1. The number of alkyl halides is 3. The zero-order valence-corrected chi connectivity index (χ0v) is 12.6. The Bertz CT molecular complexity index is 845. The van der Waals surface area contributed by atoms with Gasteiger partial charge in [0.1, 0.15) is 12.1 Å². The molecule has 126 valence electrons. The van der Waals surface area contributed by atoms with Crippen LogP contribution in [-0.2, 0) is 6.18 Å². The second-order valence-electron chi connectivity index (χ2n) is 5.72. The number of nitrogens with zero attached hydrogens (tertiary/aromatic N) is 7. The molecule has 0 spiro atoms. The van der Waals surface area contributed by atoms with Gasteiger partial charge in [-0.3, -0.25) is 4.68 Å². The molecule has 0 saturated carbocycles. The van der Waals surface area contributed by atoms with Crippen LogP contribution in [0, 0.1) is 0 Å². The van der Waals surface area contributed by atoms with Gasteiger partial charge in [0.05, 0.1) is 6.04 Å². The summed E-state index contributed by atoms with van der Waals surface area (Å²) in [6.07, 6.45) is -0.0372. The fraction of sp³-hybridized carbons (Fsp3) is 0.429. The third kappa shape index (κ3) is 2.68. The van der Waals surface area contributed by atoms with Gasteiger partial charge in [0.2, 0.25) is 0 Å². The van der Waals surface area contributed by atoms with Crippen molar-refractivity contribution in [3.8, 4) is 0 Å². The smallest absolute Gasteiger partial charge is 0.355 e. The van der Waals surface area contributed by atoms with Crippen molar-refractivity contribution in [2.75, 3.05) is 18.0 Å². The highest BCUT2D eigenvalue weighted by atomic mass is 19.4. The van der Waals surface area contributed by atoms with Gasteiger partial charge < -0.3 is 4.90 Å². The van der Waals surface area contributed by atoms with Crippen LogP contribution in [0.3, 0.4) is 0 Å². The molecule has 7 nitrogen and oxygen atoms in total. The van der Waals surface area contributed by atoms with Gasteiger partial charge >= 0.3 is 6.18 Å². The predicted molar refractivity (Wildman–Crippen MR) is 78.5 cm³/mol. The Balaban J connectivity index is 1.45.